The lowest BCUT2D eigenvalue weighted by molar-refractivity contribution is 0.194. The molecule has 24 heavy (non-hydrogen) atoms. The number of nitrogens with zero attached hydrogens (tertiary/aromatic N) is 3. The number of benzene rings is 2. The second-order valence-electron chi connectivity index (χ2n) is 6.12. The summed E-state index contributed by atoms with van der Waals surface area (Å²) < 4.78 is 1.59. The molecule has 2 aromatic carbocycles. The monoisotopic (exact) mass is 321 g/mol. The fourth-order valence-electron chi connectivity index (χ4n) is 3.05. The van der Waals surface area contributed by atoms with E-state index in [-0.39, 0.29) is 5.56 Å². The van der Waals surface area contributed by atoms with Crippen LogP contribution in [0.5, 0.6) is 0 Å². The van der Waals surface area contributed by atoms with Crippen LogP contribution in [0.1, 0.15) is 24.6 Å². The first-order chi connectivity index (χ1) is 11.7. The van der Waals surface area contributed by atoms with Gasteiger partial charge in [0, 0.05) is 11.9 Å². The van der Waals surface area contributed by atoms with Gasteiger partial charge in [0.2, 0.25) is 0 Å². The lowest BCUT2D eigenvalue weighted by atomic mass is 10.1. The van der Waals surface area contributed by atoms with Crippen molar-refractivity contribution in [2.75, 3.05) is 6.54 Å². The fourth-order valence-corrected chi connectivity index (χ4v) is 3.05. The van der Waals surface area contributed by atoms with E-state index in [0.717, 1.165) is 36.0 Å². The molecular weight excluding hydrogens is 298 g/mol. The van der Waals surface area contributed by atoms with E-state index in [1.165, 1.54) is 5.56 Å². The van der Waals surface area contributed by atoms with Gasteiger partial charge in [0.1, 0.15) is 0 Å². The molecular formula is C20H23N3O. The summed E-state index contributed by atoms with van der Waals surface area (Å²) in [5.41, 5.74) is 2.11. The van der Waals surface area contributed by atoms with Gasteiger partial charge in [-0.15, -0.1) is 0 Å². The molecule has 1 heterocycles. The number of hydrogen-bond acceptors (Lipinski definition) is 3. The maximum absolute atomic E-state index is 12.7. The van der Waals surface area contributed by atoms with Crippen molar-refractivity contribution in [3.8, 4) is 0 Å². The van der Waals surface area contributed by atoms with Gasteiger partial charge in [-0.3, -0.25) is 9.69 Å². The number of aryl methyl sites for hydroxylation is 1. The van der Waals surface area contributed by atoms with Crippen LogP contribution in [0.3, 0.4) is 0 Å². The van der Waals surface area contributed by atoms with Crippen LogP contribution >= 0.6 is 0 Å². The van der Waals surface area contributed by atoms with Gasteiger partial charge in [0.05, 0.1) is 17.7 Å². The fraction of sp³-hybridized carbons (Fsp3) is 0.300. The molecule has 0 N–H and O–H groups in total. The molecule has 0 fully saturated rings. The molecule has 0 bridgehead atoms. The predicted molar refractivity (Wildman–Crippen MR) is 97.9 cm³/mol. The number of rotatable bonds is 6. The Labute approximate surface area is 142 Å². The smallest absolute Gasteiger partial charge is 0.275 e. The molecule has 0 aliphatic carbocycles. The van der Waals surface area contributed by atoms with Crippen molar-refractivity contribution in [1.82, 2.24) is 14.7 Å². The first kappa shape index (κ1) is 16.4. The molecule has 0 radical (unpaired) electrons. The van der Waals surface area contributed by atoms with Crippen molar-refractivity contribution in [3.63, 3.8) is 0 Å². The summed E-state index contributed by atoms with van der Waals surface area (Å²) in [7, 11) is 0. The third kappa shape index (κ3) is 3.54. The zero-order valence-corrected chi connectivity index (χ0v) is 14.3. The summed E-state index contributed by atoms with van der Waals surface area (Å²) in [5, 5.41) is 6.20. The average Bonchev–Trinajstić information content (AvgIpc) is 2.60. The van der Waals surface area contributed by atoms with E-state index in [9.17, 15) is 4.79 Å². The predicted octanol–water partition coefficient (Wildman–Crippen LogP) is 3.57. The highest BCUT2D eigenvalue weighted by Crippen LogP contribution is 2.12. The largest absolute Gasteiger partial charge is 0.280 e. The first-order valence-electron chi connectivity index (χ1n) is 8.41. The van der Waals surface area contributed by atoms with Gasteiger partial charge in [-0.05, 0) is 31.5 Å². The molecule has 0 aliphatic heterocycles. The summed E-state index contributed by atoms with van der Waals surface area (Å²) in [4.78, 5) is 15.0. The minimum Gasteiger partial charge on any atom is -0.280 e. The van der Waals surface area contributed by atoms with Crippen LogP contribution in [0, 0.1) is 6.92 Å². The Bertz CT molecular complexity index is 871. The van der Waals surface area contributed by atoms with Crippen LogP contribution < -0.4 is 5.56 Å². The second-order valence-corrected chi connectivity index (χ2v) is 6.12. The summed E-state index contributed by atoms with van der Waals surface area (Å²) >= 11 is 0. The summed E-state index contributed by atoms with van der Waals surface area (Å²) in [5.74, 6) is 0. The van der Waals surface area contributed by atoms with Crippen molar-refractivity contribution in [3.05, 3.63) is 76.2 Å². The third-order valence-electron chi connectivity index (χ3n) is 4.18. The SMILES string of the molecule is CCCN(Cc1ccccc1)Cn1nc(C)c2ccccc2c1=O. The maximum atomic E-state index is 12.7. The van der Waals surface area contributed by atoms with Crippen LogP contribution in [0.25, 0.3) is 10.8 Å². The highest BCUT2D eigenvalue weighted by atomic mass is 16.1. The van der Waals surface area contributed by atoms with Crippen LogP contribution in [0.2, 0.25) is 0 Å². The van der Waals surface area contributed by atoms with Crippen LogP contribution in [-0.2, 0) is 13.2 Å². The van der Waals surface area contributed by atoms with E-state index in [1.54, 1.807) is 4.68 Å². The van der Waals surface area contributed by atoms with Gasteiger partial charge in [-0.25, -0.2) is 4.68 Å². The minimum atomic E-state index is -0.0228. The Morgan fingerprint density at radius 1 is 1.00 bits per heavy atom. The standard InChI is InChI=1S/C20H23N3O/c1-3-13-22(14-17-9-5-4-6-10-17)15-23-20(24)19-12-8-7-11-18(19)16(2)21-23/h4-12H,3,13-15H2,1-2H3. The molecule has 0 amide bonds. The molecule has 0 aliphatic rings. The molecule has 3 aromatic rings. The molecule has 4 heteroatoms. The van der Waals surface area contributed by atoms with Crippen molar-refractivity contribution < 1.29 is 0 Å². The van der Waals surface area contributed by atoms with E-state index < -0.39 is 0 Å². The molecule has 4 nitrogen and oxygen atoms in total. The van der Waals surface area contributed by atoms with Crippen molar-refractivity contribution in [1.29, 1.82) is 0 Å². The van der Waals surface area contributed by atoms with Crippen molar-refractivity contribution >= 4 is 10.8 Å². The van der Waals surface area contributed by atoms with Crippen LogP contribution in [-0.4, -0.2) is 21.2 Å². The normalized spacial score (nSPS) is 11.3. The zero-order valence-electron chi connectivity index (χ0n) is 14.3. The molecule has 0 saturated heterocycles. The summed E-state index contributed by atoms with van der Waals surface area (Å²) in [6.45, 7) is 6.36. The Morgan fingerprint density at radius 2 is 1.67 bits per heavy atom. The first-order valence-corrected chi connectivity index (χ1v) is 8.41. The lowest BCUT2D eigenvalue weighted by Gasteiger charge is -2.22. The van der Waals surface area contributed by atoms with Crippen molar-refractivity contribution in [2.45, 2.75) is 33.5 Å². The molecule has 0 saturated carbocycles. The Balaban J connectivity index is 1.91. The third-order valence-corrected chi connectivity index (χ3v) is 4.18. The van der Waals surface area contributed by atoms with E-state index in [4.69, 9.17) is 0 Å². The topological polar surface area (TPSA) is 38.1 Å². The second kappa shape index (κ2) is 7.41. The van der Waals surface area contributed by atoms with Gasteiger partial charge < -0.3 is 0 Å². The number of fused-ring (bicyclic) bond motifs is 1. The van der Waals surface area contributed by atoms with Gasteiger partial charge >= 0.3 is 0 Å². The van der Waals surface area contributed by atoms with Gasteiger partial charge in [0.25, 0.3) is 5.56 Å². The number of aromatic nitrogens is 2. The molecule has 0 atom stereocenters. The average molecular weight is 321 g/mol. The molecule has 124 valence electrons. The van der Waals surface area contributed by atoms with Crippen LogP contribution in [0.15, 0.2) is 59.4 Å². The highest BCUT2D eigenvalue weighted by molar-refractivity contribution is 5.83. The lowest BCUT2D eigenvalue weighted by Crippen LogP contribution is -2.34. The van der Waals surface area contributed by atoms with E-state index >= 15 is 0 Å². The minimum absolute atomic E-state index is 0.0228. The van der Waals surface area contributed by atoms with E-state index in [2.05, 4.69) is 29.1 Å². The quantitative estimate of drug-likeness (QED) is 0.696. The zero-order chi connectivity index (χ0) is 16.9. The molecule has 0 unspecified atom stereocenters. The van der Waals surface area contributed by atoms with E-state index in [0.29, 0.717) is 6.67 Å². The van der Waals surface area contributed by atoms with Crippen molar-refractivity contribution in [2.24, 2.45) is 0 Å². The van der Waals surface area contributed by atoms with Gasteiger partial charge in [0.15, 0.2) is 0 Å². The van der Waals surface area contributed by atoms with Crippen LogP contribution in [0.4, 0.5) is 0 Å². The number of hydrogen-bond donors (Lipinski definition) is 0. The highest BCUT2D eigenvalue weighted by Gasteiger charge is 2.11. The Hall–Kier alpha value is -2.46. The Morgan fingerprint density at radius 3 is 2.38 bits per heavy atom. The van der Waals surface area contributed by atoms with Gasteiger partial charge in [-0.1, -0.05) is 55.5 Å². The summed E-state index contributed by atoms with van der Waals surface area (Å²) in [6, 6.07) is 18.0. The Kier molecular flexibility index (Phi) is 5.06. The summed E-state index contributed by atoms with van der Waals surface area (Å²) in [6.07, 6.45) is 1.04. The van der Waals surface area contributed by atoms with Gasteiger partial charge in [-0.2, -0.15) is 5.10 Å². The molecule has 3 rings (SSSR count). The maximum Gasteiger partial charge on any atom is 0.275 e. The molecule has 0 spiro atoms. The molecule has 1 aromatic heterocycles. The van der Waals surface area contributed by atoms with E-state index in [1.807, 2.05) is 49.4 Å².